The Hall–Kier alpha value is -2.83. The molecule has 1 aliphatic carbocycles. The Labute approximate surface area is 137 Å². The number of nitrogens with one attached hydrogen (secondary N) is 2. The molecule has 0 atom stereocenters. The highest BCUT2D eigenvalue weighted by molar-refractivity contribution is 6.13. The summed E-state index contributed by atoms with van der Waals surface area (Å²) < 4.78 is 29.1. The molecule has 0 unspecified atom stereocenters. The molecule has 0 spiro atoms. The molecule has 0 bridgehead atoms. The number of anilines is 1. The fraction of sp³-hybridized carbons (Fsp3) is 0.235. The monoisotopic (exact) mass is 331 g/mol. The second-order valence-electron chi connectivity index (χ2n) is 5.48. The smallest absolute Gasteiger partial charge is 0.387 e. The number of rotatable bonds is 7. The Morgan fingerprint density at radius 3 is 2.83 bits per heavy atom. The summed E-state index contributed by atoms with van der Waals surface area (Å²) in [6.07, 6.45) is 4.12. The van der Waals surface area contributed by atoms with E-state index in [4.69, 9.17) is 5.41 Å². The molecule has 7 heteroatoms. The molecule has 0 saturated heterocycles. The number of hydrogen-bond donors (Lipinski definition) is 2. The Morgan fingerprint density at radius 2 is 2.17 bits per heavy atom. The zero-order valence-electron chi connectivity index (χ0n) is 12.6. The van der Waals surface area contributed by atoms with Crippen LogP contribution < -0.4 is 10.1 Å². The van der Waals surface area contributed by atoms with E-state index in [0.29, 0.717) is 34.8 Å². The summed E-state index contributed by atoms with van der Waals surface area (Å²) in [6.45, 7) is -2.92. The molecular weight excluding hydrogens is 316 g/mol. The summed E-state index contributed by atoms with van der Waals surface area (Å²) >= 11 is 0. The van der Waals surface area contributed by atoms with Gasteiger partial charge in [-0.1, -0.05) is 12.1 Å². The molecule has 1 heterocycles. The summed E-state index contributed by atoms with van der Waals surface area (Å²) in [5.41, 5.74) is 1.83. The number of aldehydes is 1. The normalized spacial score (nSPS) is 13.6. The van der Waals surface area contributed by atoms with Crippen LogP contribution in [0.5, 0.6) is 5.75 Å². The van der Waals surface area contributed by atoms with Crippen molar-refractivity contribution in [3.05, 3.63) is 53.3 Å². The first-order valence-corrected chi connectivity index (χ1v) is 7.43. The highest BCUT2D eigenvalue weighted by atomic mass is 19.3. The largest absolute Gasteiger partial charge is 0.435 e. The lowest BCUT2D eigenvalue weighted by atomic mass is 10.0. The predicted molar refractivity (Wildman–Crippen MR) is 85.3 cm³/mol. The molecule has 2 N–H and O–H groups in total. The van der Waals surface area contributed by atoms with Crippen LogP contribution in [0.3, 0.4) is 0 Å². The number of benzene rings is 1. The van der Waals surface area contributed by atoms with E-state index in [9.17, 15) is 13.6 Å². The molecule has 0 aliphatic heterocycles. The van der Waals surface area contributed by atoms with Crippen molar-refractivity contribution in [1.29, 1.82) is 5.41 Å². The zero-order chi connectivity index (χ0) is 17.1. The van der Waals surface area contributed by atoms with Gasteiger partial charge in [0, 0.05) is 23.4 Å². The Morgan fingerprint density at radius 1 is 1.38 bits per heavy atom. The lowest BCUT2D eigenvalue weighted by molar-refractivity contribution is -0.0498. The topological polar surface area (TPSA) is 75.1 Å². The van der Waals surface area contributed by atoms with Crippen LogP contribution in [0.1, 0.15) is 34.5 Å². The maximum atomic E-state index is 12.3. The summed E-state index contributed by atoms with van der Waals surface area (Å²) in [4.78, 5) is 15.1. The molecule has 0 radical (unpaired) electrons. The van der Waals surface area contributed by atoms with Crippen LogP contribution in [-0.4, -0.2) is 29.6 Å². The summed E-state index contributed by atoms with van der Waals surface area (Å²) in [7, 11) is 0. The molecule has 1 aromatic carbocycles. The number of carbonyl (C=O) groups is 1. The number of aromatic nitrogens is 1. The van der Waals surface area contributed by atoms with E-state index in [1.165, 1.54) is 24.4 Å². The standard InChI is InChI=1S/C17H15F2N3O2/c18-17(19)24-13-3-1-2-11(7-13)15(20)16-14(22-12-4-5-12)6-10(9-23)8-21-16/h1-3,6-9,12,17,20,22H,4-5H2. The van der Waals surface area contributed by atoms with Crippen LogP contribution in [-0.2, 0) is 0 Å². The van der Waals surface area contributed by atoms with Crippen molar-refractivity contribution in [1.82, 2.24) is 4.98 Å². The van der Waals surface area contributed by atoms with Gasteiger partial charge >= 0.3 is 6.61 Å². The van der Waals surface area contributed by atoms with E-state index < -0.39 is 6.61 Å². The van der Waals surface area contributed by atoms with E-state index in [2.05, 4.69) is 15.0 Å². The minimum Gasteiger partial charge on any atom is -0.435 e. The number of pyridine rings is 1. The molecule has 1 saturated carbocycles. The quantitative estimate of drug-likeness (QED) is 0.601. The second kappa shape index (κ2) is 6.74. The van der Waals surface area contributed by atoms with Crippen LogP contribution in [0, 0.1) is 5.41 Å². The third kappa shape index (κ3) is 3.73. The maximum absolute atomic E-state index is 12.3. The maximum Gasteiger partial charge on any atom is 0.387 e. The molecule has 5 nitrogen and oxygen atoms in total. The minimum atomic E-state index is -2.92. The van der Waals surface area contributed by atoms with Crippen molar-refractivity contribution in [3.63, 3.8) is 0 Å². The number of carbonyl (C=O) groups excluding carboxylic acids is 1. The van der Waals surface area contributed by atoms with E-state index >= 15 is 0 Å². The van der Waals surface area contributed by atoms with Gasteiger partial charge in [0.15, 0.2) is 6.29 Å². The highest BCUT2D eigenvalue weighted by Crippen LogP contribution is 2.28. The summed E-state index contributed by atoms with van der Waals surface area (Å²) in [6, 6.07) is 7.88. The Balaban J connectivity index is 1.92. The van der Waals surface area contributed by atoms with Gasteiger partial charge in [0.2, 0.25) is 0 Å². The summed E-state index contributed by atoms with van der Waals surface area (Å²) in [5, 5.41) is 11.6. The van der Waals surface area contributed by atoms with Crippen LogP contribution in [0.15, 0.2) is 36.5 Å². The predicted octanol–water partition coefficient (Wildman–Crippen LogP) is 3.49. The summed E-state index contributed by atoms with van der Waals surface area (Å²) in [5.74, 6) is -0.0199. The van der Waals surface area contributed by atoms with E-state index in [1.807, 2.05) is 0 Å². The lowest BCUT2D eigenvalue weighted by Gasteiger charge is -2.13. The molecule has 3 rings (SSSR count). The SMILES string of the molecule is N=C(c1cccc(OC(F)F)c1)c1ncc(C=O)cc1NC1CC1. The first kappa shape index (κ1) is 16.0. The second-order valence-corrected chi connectivity index (χ2v) is 5.48. The fourth-order valence-corrected chi connectivity index (χ4v) is 2.27. The molecule has 1 aliphatic rings. The van der Waals surface area contributed by atoms with Gasteiger partial charge in [0.1, 0.15) is 11.4 Å². The van der Waals surface area contributed by atoms with Crippen molar-refractivity contribution in [2.75, 3.05) is 5.32 Å². The fourth-order valence-electron chi connectivity index (χ4n) is 2.27. The van der Waals surface area contributed by atoms with Gasteiger partial charge in [0.25, 0.3) is 0 Å². The molecule has 124 valence electrons. The zero-order valence-corrected chi connectivity index (χ0v) is 12.6. The van der Waals surface area contributed by atoms with Crippen molar-refractivity contribution in [2.24, 2.45) is 0 Å². The highest BCUT2D eigenvalue weighted by Gasteiger charge is 2.23. The van der Waals surface area contributed by atoms with Gasteiger partial charge in [0.05, 0.1) is 11.4 Å². The molecule has 1 aromatic heterocycles. The van der Waals surface area contributed by atoms with Crippen molar-refractivity contribution >= 4 is 17.7 Å². The van der Waals surface area contributed by atoms with Crippen molar-refractivity contribution in [2.45, 2.75) is 25.5 Å². The number of alkyl halides is 2. The first-order chi connectivity index (χ1) is 11.6. The number of ether oxygens (including phenoxy) is 1. The Kier molecular flexibility index (Phi) is 4.50. The Bertz CT molecular complexity index is 776. The van der Waals surface area contributed by atoms with Crippen LogP contribution in [0.2, 0.25) is 0 Å². The molecule has 0 amide bonds. The van der Waals surface area contributed by atoms with Gasteiger partial charge in [-0.15, -0.1) is 0 Å². The van der Waals surface area contributed by atoms with Gasteiger partial charge in [-0.25, -0.2) is 0 Å². The van der Waals surface area contributed by atoms with E-state index in [-0.39, 0.29) is 11.5 Å². The number of halogens is 2. The van der Waals surface area contributed by atoms with E-state index in [1.54, 1.807) is 12.1 Å². The molecular formula is C17H15F2N3O2. The third-order valence-corrected chi connectivity index (χ3v) is 3.57. The minimum absolute atomic E-state index is 0.0199. The third-order valence-electron chi connectivity index (χ3n) is 3.57. The lowest BCUT2D eigenvalue weighted by Crippen LogP contribution is -2.12. The van der Waals surface area contributed by atoms with Crippen LogP contribution in [0.4, 0.5) is 14.5 Å². The molecule has 2 aromatic rings. The average Bonchev–Trinajstić information content (AvgIpc) is 3.38. The van der Waals surface area contributed by atoms with Gasteiger partial charge in [-0.2, -0.15) is 8.78 Å². The van der Waals surface area contributed by atoms with Crippen LogP contribution >= 0.6 is 0 Å². The van der Waals surface area contributed by atoms with E-state index in [0.717, 1.165) is 12.8 Å². The van der Waals surface area contributed by atoms with Crippen LogP contribution in [0.25, 0.3) is 0 Å². The molecule has 24 heavy (non-hydrogen) atoms. The van der Waals surface area contributed by atoms with Gasteiger partial charge < -0.3 is 10.1 Å². The molecule has 1 fully saturated rings. The number of hydrogen-bond acceptors (Lipinski definition) is 5. The van der Waals surface area contributed by atoms with Crippen molar-refractivity contribution in [3.8, 4) is 5.75 Å². The van der Waals surface area contributed by atoms with Gasteiger partial charge in [-0.3, -0.25) is 15.2 Å². The average molecular weight is 331 g/mol. The number of nitrogens with zero attached hydrogens (tertiary/aromatic N) is 1. The van der Waals surface area contributed by atoms with Crippen molar-refractivity contribution < 1.29 is 18.3 Å². The first-order valence-electron chi connectivity index (χ1n) is 7.43. The van der Waals surface area contributed by atoms with Gasteiger partial charge in [-0.05, 0) is 31.0 Å².